The van der Waals surface area contributed by atoms with Gasteiger partial charge in [0.15, 0.2) is 6.04 Å². The molecule has 1 aromatic carbocycles. The average molecular weight is 599 g/mol. The molecule has 236 valence electrons. The summed E-state index contributed by atoms with van der Waals surface area (Å²) in [5.41, 5.74) is 0.806. The maximum absolute atomic E-state index is 13.6. The largest absolute Gasteiger partial charge is 0.459 e. The highest BCUT2D eigenvalue weighted by Crippen LogP contribution is 2.37. The smallest absolute Gasteiger partial charge is 0.410 e. The molecule has 3 aliphatic heterocycles. The topological polar surface area (TPSA) is 117 Å². The normalized spacial score (nSPS) is 22.3. The number of carbonyl (C=O) groups excluding carboxylic acids is 5. The van der Waals surface area contributed by atoms with E-state index in [1.807, 2.05) is 65.0 Å². The summed E-state index contributed by atoms with van der Waals surface area (Å²) in [6, 6.07) is 7.66. The van der Waals surface area contributed by atoms with Crippen molar-refractivity contribution in [1.82, 2.24) is 19.6 Å². The van der Waals surface area contributed by atoms with E-state index < -0.39 is 36.0 Å². The minimum absolute atomic E-state index is 0.0376. The van der Waals surface area contributed by atoms with Crippen molar-refractivity contribution in [3.8, 4) is 0 Å². The van der Waals surface area contributed by atoms with Crippen molar-refractivity contribution in [2.75, 3.05) is 39.3 Å². The van der Waals surface area contributed by atoms with Crippen molar-refractivity contribution in [3.63, 3.8) is 0 Å². The highest BCUT2D eigenvalue weighted by molar-refractivity contribution is 6.07. The number of rotatable bonds is 9. The Morgan fingerprint density at radius 2 is 1.51 bits per heavy atom. The average Bonchev–Trinajstić information content (AvgIpc) is 3.48. The first-order valence-corrected chi connectivity index (χ1v) is 15.6. The minimum Gasteiger partial charge on any atom is -0.459 e. The third-order valence-electron chi connectivity index (χ3n) is 8.77. The van der Waals surface area contributed by atoms with E-state index >= 15 is 0 Å². The Kier molecular flexibility index (Phi) is 10.7. The Labute approximate surface area is 254 Å². The van der Waals surface area contributed by atoms with Crippen molar-refractivity contribution >= 4 is 29.9 Å². The lowest BCUT2D eigenvalue weighted by Crippen LogP contribution is -2.70. The molecular formula is C32H46N4O7. The van der Waals surface area contributed by atoms with Crippen LogP contribution in [0.1, 0.15) is 59.4 Å². The number of piperazine rings is 1. The molecule has 0 aromatic heterocycles. The first kappa shape index (κ1) is 32.3. The van der Waals surface area contributed by atoms with Gasteiger partial charge in [-0.1, -0.05) is 65.0 Å². The Balaban J connectivity index is 1.40. The standard InChI is InChI=1S/C32H46N4O7/c1-6-26(37)35-13-12-24(19-35)18-25-27(30(39)42-20-23-10-8-7-9-11-23)36(29(25)38)31(40)33-14-16-34(17-15-33)32(41)43-28(21(2)3)22(4)5/h7-11,21-22,24-25,27-28H,6,12-20H2,1-5H3/t24?,25-,27+/m1/s1. The lowest BCUT2D eigenvalue weighted by atomic mass is 9.80. The summed E-state index contributed by atoms with van der Waals surface area (Å²) in [5.74, 6) is -1.20. The molecule has 43 heavy (non-hydrogen) atoms. The van der Waals surface area contributed by atoms with Crippen LogP contribution in [-0.4, -0.2) is 101 Å². The quantitative estimate of drug-likeness (QED) is 0.314. The van der Waals surface area contributed by atoms with Crippen molar-refractivity contribution in [2.24, 2.45) is 23.7 Å². The number of nitrogens with zero attached hydrogens (tertiary/aromatic N) is 4. The molecule has 3 heterocycles. The Morgan fingerprint density at radius 3 is 2.12 bits per heavy atom. The van der Waals surface area contributed by atoms with E-state index in [4.69, 9.17) is 9.47 Å². The molecule has 11 heteroatoms. The van der Waals surface area contributed by atoms with Gasteiger partial charge in [-0.3, -0.25) is 9.59 Å². The highest BCUT2D eigenvalue weighted by atomic mass is 16.6. The molecule has 0 N–H and O–H groups in total. The maximum atomic E-state index is 13.6. The predicted molar refractivity (Wildman–Crippen MR) is 158 cm³/mol. The molecule has 3 fully saturated rings. The van der Waals surface area contributed by atoms with Gasteiger partial charge < -0.3 is 24.2 Å². The van der Waals surface area contributed by atoms with E-state index in [1.165, 1.54) is 4.90 Å². The van der Waals surface area contributed by atoms with E-state index in [0.717, 1.165) is 16.9 Å². The molecule has 0 aliphatic carbocycles. The molecule has 1 unspecified atom stereocenters. The summed E-state index contributed by atoms with van der Waals surface area (Å²) >= 11 is 0. The number of ether oxygens (including phenoxy) is 2. The van der Waals surface area contributed by atoms with E-state index in [-0.39, 0.29) is 62.6 Å². The number of benzene rings is 1. The predicted octanol–water partition coefficient (Wildman–Crippen LogP) is 3.76. The van der Waals surface area contributed by atoms with Crippen molar-refractivity contribution in [2.45, 2.75) is 72.6 Å². The van der Waals surface area contributed by atoms with Gasteiger partial charge in [0.2, 0.25) is 11.8 Å². The molecule has 4 rings (SSSR count). The van der Waals surface area contributed by atoms with Crippen molar-refractivity contribution in [1.29, 1.82) is 0 Å². The molecule has 0 bridgehead atoms. The van der Waals surface area contributed by atoms with Crippen LogP contribution in [0.25, 0.3) is 0 Å². The molecule has 0 spiro atoms. The van der Waals surface area contributed by atoms with Gasteiger partial charge in [-0.25, -0.2) is 19.3 Å². The number of esters is 1. The zero-order valence-corrected chi connectivity index (χ0v) is 26.1. The van der Waals surface area contributed by atoms with Crippen molar-refractivity contribution in [3.05, 3.63) is 35.9 Å². The van der Waals surface area contributed by atoms with Crippen LogP contribution in [0.15, 0.2) is 30.3 Å². The van der Waals surface area contributed by atoms with Crippen LogP contribution in [0.3, 0.4) is 0 Å². The number of hydrogen-bond donors (Lipinski definition) is 0. The van der Waals surface area contributed by atoms with Crippen LogP contribution in [0, 0.1) is 23.7 Å². The van der Waals surface area contributed by atoms with Crippen LogP contribution in [0.2, 0.25) is 0 Å². The summed E-state index contributed by atoms with van der Waals surface area (Å²) in [6.07, 6.45) is 0.967. The Bertz CT molecular complexity index is 1160. The highest BCUT2D eigenvalue weighted by Gasteiger charge is 2.57. The zero-order valence-electron chi connectivity index (χ0n) is 26.1. The molecule has 0 saturated carbocycles. The number of imide groups is 1. The van der Waals surface area contributed by atoms with Crippen LogP contribution >= 0.6 is 0 Å². The molecule has 3 saturated heterocycles. The molecular weight excluding hydrogens is 552 g/mol. The van der Waals surface area contributed by atoms with Gasteiger partial charge in [-0.2, -0.15) is 0 Å². The van der Waals surface area contributed by atoms with E-state index in [2.05, 4.69) is 0 Å². The van der Waals surface area contributed by atoms with Gasteiger partial charge in [0.05, 0.1) is 5.92 Å². The second-order valence-electron chi connectivity index (χ2n) is 12.5. The molecule has 3 aliphatic rings. The van der Waals surface area contributed by atoms with Gasteiger partial charge in [0.25, 0.3) is 0 Å². The molecule has 5 amide bonds. The van der Waals surface area contributed by atoms with Gasteiger partial charge in [0.1, 0.15) is 12.7 Å². The second kappa shape index (κ2) is 14.2. The Morgan fingerprint density at radius 1 is 0.884 bits per heavy atom. The summed E-state index contributed by atoms with van der Waals surface area (Å²) in [4.78, 5) is 71.3. The van der Waals surface area contributed by atoms with Crippen molar-refractivity contribution < 1.29 is 33.4 Å². The van der Waals surface area contributed by atoms with Gasteiger partial charge in [0, 0.05) is 45.7 Å². The summed E-state index contributed by atoms with van der Waals surface area (Å²) in [7, 11) is 0. The van der Waals surface area contributed by atoms with Gasteiger partial charge in [-0.15, -0.1) is 0 Å². The van der Waals surface area contributed by atoms with Crippen LogP contribution in [0.5, 0.6) is 0 Å². The number of likely N-dealkylation sites (tertiary alicyclic amines) is 2. The van der Waals surface area contributed by atoms with E-state index in [9.17, 15) is 24.0 Å². The van der Waals surface area contributed by atoms with Crippen LogP contribution in [0.4, 0.5) is 9.59 Å². The molecule has 0 radical (unpaired) electrons. The first-order chi connectivity index (χ1) is 20.5. The number of carbonyl (C=O) groups is 5. The molecule has 1 aromatic rings. The lowest BCUT2D eigenvalue weighted by molar-refractivity contribution is -0.172. The summed E-state index contributed by atoms with van der Waals surface area (Å²) < 4.78 is 11.4. The fraction of sp³-hybridized carbons (Fsp3) is 0.656. The number of urea groups is 1. The lowest BCUT2D eigenvalue weighted by Gasteiger charge is -2.47. The fourth-order valence-electron chi connectivity index (χ4n) is 6.38. The third-order valence-corrected chi connectivity index (χ3v) is 8.77. The first-order valence-electron chi connectivity index (χ1n) is 15.6. The monoisotopic (exact) mass is 598 g/mol. The second-order valence-corrected chi connectivity index (χ2v) is 12.5. The number of hydrogen-bond acceptors (Lipinski definition) is 7. The third kappa shape index (κ3) is 7.48. The zero-order chi connectivity index (χ0) is 31.3. The maximum Gasteiger partial charge on any atom is 0.410 e. The van der Waals surface area contributed by atoms with E-state index in [0.29, 0.717) is 25.9 Å². The van der Waals surface area contributed by atoms with E-state index in [1.54, 1.807) is 9.80 Å². The van der Waals surface area contributed by atoms with Gasteiger partial charge >= 0.3 is 18.1 Å². The van der Waals surface area contributed by atoms with Crippen LogP contribution < -0.4 is 0 Å². The minimum atomic E-state index is -1.03. The van der Waals surface area contributed by atoms with Gasteiger partial charge in [-0.05, 0) is 36.2 Å². The fourth-order valence-corrected chi connectivity index (χ4v) is 6.38. The molecule has 3 atom stereocenters. The Hall–Kier alpha value is -3.63. The van der Waals surface area contributed by atoms with Crippen LogP contribution in [-0.2, 0) is 30.5 Å². The number of amides is 5. The molecule has 11 nitrogen and oxygen atoms in total. The number of β-lactam (4-membered cyclic amide) rings is 1. The SMILES string of the molecule is CCC(=O)N1CCC(C[C@H]2C(=O)N(C(=O)N3CCN(C(=O)OC(C(C)C)C(C)C)CC3)[C@@H]2C(=O)OCc2ccccc2)C1. The summed E-state index contributed by atoms with van der Waals surface area (Å²) in [6.45, 7) is 12.1. The summed E-state index contributed by atoms with van der Waals surface area (Å²) in [5, 5.41) is 0.